The largest absolute Gasteiger partial charge is 0.378 e. The second kappa shape index (κ2) is 6.86. The van der Waals surface area contributed by atoms with Crippen LogP contribution in [0.1, 0.15) is 65.7 Å². The van der Waals surface area contributed by atoms with E-state index in [9.17, 15) is 0 Å². The molecule has 1 aliphatic carbocycles. The Hall–Kier alpha value is 0.250. The summed E-state index contributed by atoms with van der Waals surface area (Å²) in [5, 5.41) is 0.307. The number of ether oxygens (including phenoxy) is 1. The van der Waals surface area contributed by atoms with E-state index in [2.05, 4.69) is 20.8 Å². The molecule has 0 amide bonds. The minimum atomic E-state index is 0.184. The van der Waals surface area contributed by atoms with E-state index in [1.165, 1.54) is 38.5 Å². The standard InChI is InChI=1S/C14H27ClO/c1-4-5-6-7-8-9-10-16-13-11-12(15)14(13,2)3/h12-13H,4-11H2,1-3H3. The number of hydrogen-bond donors (Lipinski definition) is 0. The molecule has 0 N–H and O–H groups in total. The molecule has 1 nitrogen and oxygen atoms in total. The molecule has 1 fully saturated rings. The van der Waals surface area contributed by atoms with E-state index in [-0.39, 0.29) is 5.41 Å². The molecule has 0 aromatic carbocycles. The Kier molecular flexibility index (Phi) is 6.13. The molecule has 1 saturated carbocycles. The maximum Gasteiger partial charge on any atom is 0.0654 e. The Morgan fingerprint density at radius 2 is 1.75 bits per heavy atom. The van der Waals surface area contributed by atoms with E-state index >= 15 is 0 Å². The summed E-state index contributed by atoms with van der Waals surface area (Å²) in [4.78, 5) is 0. The number of alkyl halides is 1. The first-order chi connectivity index (χ1) is 7.59. The van der Waals surface area contributed by atoms with Crippen LogP contribution in [-0.4, -0.2) is 18.1 Å². The Bertz CT molecular complexity index is 191. The first-order valence-electron chi connectivity index (χ1n) is 6.84. The normalized spacial score (nSPS) is 27.8. The summed E-state index contributed by atoms with van der Waals surface area (Å²) in [6.07, 6.45) is 9.41. The van der Waals surface area contributed by atoms with Gasteiger partial charge in [-0.2, -0.15) is 0 Å². The number of halogens is 1. The zero-order valence-electron chi connectivity index (χ0n) is 11.1. The molecule has 0 aliphatic heterocycles. The minimum Gasteiger partial charge on any atom is -0.378 e. The van der Waals surface area contributed by atoms with Crippen LogP contribution in [0.15, 0.2) is 0 Å². The Labute approximate surface area is 106 Å². The maximum absolute atomic E-state index is 6.15. The third-order valence-corrected chi connectivity index (χ3v) is 4.62. The molecule has 2 unspecified atom stereocenters. The zero-order valence-corrected chi connectivity index (χ0v) is 11.9. The summed E-state index contributed by atoms with van der Waals surface area (Å²) in [6, 6.07) is 0. The molecule has 1 rings (SSSR count). The molecule has 16 heavy (non-hydrogen) atoms. The molecule has 0 bridgehead atoms. The van der Waals surface area contributed by atoms with Crippen LogP contribution >= 0.6 is 11.6 Å². The van der Waals surface area contributed by atoms with Gasteiger partial charge in [-0.05, 0) is 12.8 Å². The molecule has 1 aliphatic rings. The van der Waals surface area contributed by atoms with Gasteiger partial charge >= 0.3 is 0 Å². The van der Waals surface area contributed by atoms with Gasteiger partial charge < -0.3 is 4.74 Å². The zero-order chi connectivity index (χ0) is 12.0. The van der Waals surface area contributed by atoms with Crippen molar-refractivity contribution >= 4 is 11.6 Å². The van der Waals surface area contributed by atoms with Gasteiger partial charge in [-0.1, -0.05) is 52.9 Å². The van der Waals surface area contributed by atoms with E-state index < -0.39 is 0 Å². The second-order valence-electron chi connectivity index (χ2n) is 5.65. The smallest absolute Gasteiger partial charge is 0.0654 e. The predicted octanol–water partition coefficient (Wildman–Crippen LogP) is 4.77. The van der Waals surface area contributed by atoms with E-state index in [4.69, 9.17) is 16.3 Å². The van der Waals surface area contributed by atoms with Crippen molar-refractivity contribution in [1.82, 2.24) is 0 Å². The van der Waals surface area contributed by atoms with Crippen LogP contribution in [-0.2, 0) is 4.74 Å². The van der Waals surface area contributed by atoms with Crippen molar-refractivity contribution in [3.8, 4) is 0 Å². The van der Waals surface area contributed by atoms with E-state index in [1.807, 2.05) is 0 Å². The number of rotatable bonds is 8. The quantitative estimate of drug-likeness (QED) is 0.443. The van der Waals surface area contributed by atoms with Crippen LogP contribution in [0.3, 0.4) is 0 Å². The number of unbranched alkanes of at least 4 members (excludes halogenated alkanes) is 5. The van der Waals surface area contributed by atoms with Gasteiger partial charge in [0.15, 0.2) is 0 Å². The van der Waals surface area contributed by atoms with Crippen LogP contribution in [0.25, 0.3) is 0 Å². The molecule has 0 heterocycles. The monoisotopic (exact) mass is 246 g/mol. The summed E-state index contributed by atoms with van der Waals surface area (Å²) in [5.74, 6) is 0. The van der Waals surface area contributed by atoms with Crippen LogP contribution < -0.4 is 0 Å². The van der Waals surface area contributed by atoms with Gasteiger partial charge in [0.25, 0.3) is 0 Å². The lowest BCUT2D eigenvalue weighted by Gasteiger charge is -2.48. The van der Waals surface area contributed by atoms with Crippen molar-refractivity contribution in [2.45, 2.75) is 77.2 Å². The fraction of sp³-hybridized carbons (Fsp3) is 1.00. The van der Waals surface area contributed by atoms with Crippen molar-refractivity contribution in [1.29, 1.82) is 0 Å². The van der Waals surface area contributed by atoms with Crippen molar-refractivity contribution in [2.24, 2.45) is 5.41 Å². The lowest BCUT2D eigenvalue weighted by Crippen LogP contribution is -2.51. The Morgan fingerprint density at radius 1 is 1.12 bits per heavy atom. The first kappa shape index (κ1) is 14.3. The van der Waals surface area contributed by atoms with Crippen molar-refractivity contribution in [3.63, 3.8) is 0 Å². The SMILES string of the molecule is CCCCCCCCOC1CC(Cl)C1(C)C. The van der Waals surface area contributed by atoms with Gasteiger partial charge in [0, 0.05) is 17.4 Å². The van der Waals surface area contributed by atoms with Gasteiger partial charge in [-0.3, -0.25) is 0 Å². The van der Waals surface area contributed by atoms with Crippen LogP contribution in [0.2, 0.25) is 0 Å². The van der Waals surface area contributed by atoms with Crippen LogP contribution in [0.4, 0.5) is 0 Å². The Balaban J connectivity index is 1.93. The summed E-state index contributed by atoms with van der Waals surface area (Å²) < 4.78 is 5.89. The van der Waals surface area contributed by atoms with Crippen molar-refractivity contribution < 1.29 is 4.74 Å². The summed E-state index contributed by atoms with van der Waals surface area (Å²) in [5.41, 5.74) is 0.184. The van der Waals surface area contributed by atoms with E-state index in [0.717, 1.165) is 13.0 Å². The lowest BCUT2D eigenvalue weighted by molar-refractivity contribution is -0.0893. The molecule has 0 saturated heterocycles. The Morgan fingerprint density at radius 3 is 2.31 bits per heavy atom. The van der Waals surface area contributed by atoms with Gasteiger partial charge in [-0.25, -0.2) is 0 Å². The molecule has 0 aromatic rings. The minimum absolute atomic E-state index is 0.184. The van der Waals surface area contributed by atoms with Crippen molar-refractivity contribution in [2.75, 3.05) is 6.61 Å². The average Bonchev–Trinajstić information content (AvgIpc) is 2.26. The molecular weight excluding hydrogens is 220 g/mol. The van der Waals surface area contributed by atoms with Crippen LogP contribution in [0.5, 0.6) is 0 Å². The highest BCUT2D eigenvalue weighted by Crippen LogP contribution is 2.46. The van der Waals surface area contributed by atoms with E-state index in [0.29, 0.717) is 11.5 Å². The highest BCUT2D eigenvalue weighted by atomic mass is 35.5. The molecule has 0 radical (unpaired) electrons. The highest BCUT2D eigenvalue weighted by Gasteiger charge is 2.47. The summed E-state index contributed by atoms with van der Waals surface area (Å²) in [7, 11) is 0. The van der Waals surface area contributed by atoms with Gasteiger partial charge in [-0.15, -0.1) is 11.6 Å². The van der Waals surface area contributed by atoms with Crippen LogP contribution in [0, 0.1) is 5.41 Å². The maximum atomic E-state index is 6.15. The third kappa shape index (κ3) is 3.92. The van der Waals surface area contributed by atoms with Gasteiger partial charge in [0.05, 0.1) is 6.10 Å². The fourth-order valence-electron chi connectivity index (χ4n) is 2.23. The second-order valence-corrected chi connectivity index (χ2v) is 6.18. The molecular formula is C14H27ClO. The highest BCUT2D eigenvalue weighted by molar-refractivity contribution is 6.21. The molecule has 0 aromatic heterocycles. The average molecular weight is 247 g/mol. The molecule has 96 valence electrons. The van der Waals surface area contributed by atoms with Gasteiger partial charge in [0.2, 0.25) is 0 Å². The lowest BCUT2D eigenvalue weighted by atomic mass is 9.68. The topological polar surface area (TPSA) is 9.23 Å². The van der Waals surface area contributed by atoms with Crippen molar-refractivity contribution in [3.05, 3.63) is 0 Å². The summed E-state index contributed by atoms with van der Waals surface area (Å²) in [6.45, 7) is 7.59. The first-order valence-corrected chi connectivity index (χ1v) is 7.28. The molecule has 2 atom stereocenters. The fourth-order valence-corrected chi connectivity index (χ4v) is 2.53. The van der Waals surface area contributed by atoms with E-state index in [1.54, 1.807) is 0 Å². The summed E-state index contributed by atoms with van der Waals surface area (Å²) >= 11 is 6.15. The number of hydrogen-bond acceptors (Lipinski definition) is 1. The predicted molar refractivity (Wildman–Crippen MR) is 71.2 cm³/mol. The molecule has 2 heteroatoms. The molecule has 0 spiro atoms. The van der Waals surface area contributed by atoms with Gasteiger partial charge in [0.1, 0.15) is 0 Å². The third-order valence-electron chi connectivity index (χ3n) is 3.88.